The normalized spacial score (nSPS) is 9.93. The van der Waals surface area contributed by atoms with Crippen LogP contribution < -0.4 is 15.4 Å². The fraction of sp³-hybridized carbons (Fsp3) is 0.500. The summed E-state index contributed by atoms with van der Waals surface area (Å²) in [6, 6.07) is 3.84. The van der Waals surface area contributed by atoms with E-state index < -0.39 is 0 Å². The van der Waals surface area contributed by atoms with Crippen molar-refractivity contribution >= 4 is 5.82 Å². The molecule has 2 N–H and O–H groups in total. The van der Waals surface area contributed by atoms with Crippen molar-refractivity contribution in [2.75, 3.05) is 32.1 Å². The summed E-state index contributed by atoms with van der Waals surface area (Å²) in [4.78, 5) is 6.34. The van der Waals surface area contributed by atoms with E-state index in [2.05, 4.69) is 9.88 Å². The molecule has 0 aliphatic rings. The maximum absolute atomic E-state index is 5.43. The molecular weight excluding hydrogens is 178 g/mol. The van der Waals surface area contributed by atoms with Gasteiger partial charge in [0.25, 0.3) is 0 Å². The van der Waals surface area contributed by atoms with E-state index in [1.165, 1.54) is 0 Å². The number of nitrogens with two attached hydrogens (primary N) is 1. The lowest BCUT2D eigenvalue weighted by molar-refractivity contribution is 0.413. The highest BCUT2D eigenvalue weighted by molar-refractivity contribution is 5.39. The molecule has 0 aliphatic carbocycles. The lowest BCUT2D eigenvalue weighted by atomic mass is 10.3. The van der Waals surface area contributed by atoms with E-state index in [1.54, 1.807) is 13.3 Å². The molecular formula is C10H17N3O. The van der Waals surface area contributed by atoms with Crippen LogP contribution in [-0.4, -0.2) is 32.2 Å². The number of aromatic nitrogens is 1. The average molecular weight is 195 g/mol. The van der Waals surface area contributed by atoms with Gasteiger partial charge < -0.3 is 15.4 Å². The van der Waals surface area contributed by atoms with E-state index in [4.69, 9.17) is 10.5 Å². The zero-order valence-corrected chi connectivity index (χ0v) is 8.73. The average Bonchev–Trinajstić information content (AvgIpc) is 2.26. The highest BCUT2D eigenvalue weighted by Gasteiger charge is 2.01. The van der Waals surface area contributed by atoms with Crippen molar-refractivity contribution in [1.82, 2.24) is 4.98 Å². The number of hydrogen-bond acceptors (Lipinski definition) is 4. The Kier molecular flexibility index (Phi) is 4.19. The summed E-state index contributed by atoms with van der Waals surface area (Å²) in [7, 11) is 3.64. The van der Waals surface area contributed by atoms with Crippen molar-refractivity contribution in [2.24, 2.45) is 5.73 Å². The van der Waals surface area contributed by atoms with Crippen LogP contribution in [-0.2, 0) is 0 Å². The van der Waals surface area contributed by atoms with Crippen molar-refractivity contribution in [2.45, 2.75) is 6.42 Å². The Balaban J connectivity index is 2.57. The maximum atomic E-state index is 5.43. The Morgan fingerprint density at radius 3 is 2.79 bits per heavy atom. The second-order valence-corrected chi connectivity index (χ2v) is 3.12. The molecule has 0 fully saturated rings. The Morgan fingerprint density at radius 1 is 1.50 bits per heavy atom. The molecule has 0 radical (unpaired) electrons. The zero-order valence-electron chi connectivity index (χ0n) is 8.73. The van der Waals surface area contributed by atoms with Gasteiger partial charge in [0.1, 0.15) is 11.6 Å². The first-order chi connectivity index (χ1) is 6.77. The van der Waals surface area contributed by atoms with Gasteiger partial charge in [0.05, 0.1) is 13.3 Å². The van der Waals surface area contributed by atoms with Gasteiger partial charge in [-0.2, -0.15) is 0 Å². The molecule has 14 heavy (non-hydrogen) atoms. The molecule has 1 heterocycles. The van der Waals surface area contributed by atoms with Gasteiger partial charge in [-0.25, -0.2) is 4.98 Å². The van der Waals surface area contributed by atoms with Crippen molar-refractivity contribution in [3.05, 3.63) is 18.3 Å². The van der Waals surface area contributed by atoms with Crippen LogP contribution in [0.2, 0.25) is 0 Å². The van der Waals surface area contributed by atoms with Crippen LogP contribution in [0.5, 0.6) is 5.75 Å². The van der Waals surface area contributed by atoms with Crippen LogP contribution in [0.4, 0.5) is 5.82 Å². The van der Waals surface area contributed by atoms with E-state index in [-0.39, 0.29) is 0 Å². The molecule has 1 aromatic heterocycles. The van der Waals surface area contributed by atoms with Crippen LogP contribution in [0.15, 0.2) is 18.3 Å². The summed E-state index contributed by atoms with van der Waals surface area (Å²) in [5, 5.41) is 0. The molecule has 0 saturated heterocycles. The van der Waals surface area contributed by atoms with Gasteiger partial charge in [-0.05, 0) is 25.1 Å². The largest absolute Gasteiger partial charge is 0.495 e. The third-order valence-electron chi connectivity index (χ3n) is 2.05. The summed E-state index contributed by atoms with van der Waals surface area (Å²) in [5.41, 5.74) is 5.43. The van der Waals surface area contributed by atoms with Gasteiger partial charge >= 0.3 is 0 Å². The first-order valence-electron chi connectivity index (χ1n) is 4.69. The van der Waals surface area contributed by atoms with Gasteiger partial charge in [0.15, 0.2) is 0 Å². The summed E-state index contributed by atoms with van der Waals surface area (Å²) in [6.07, 6.45) is 2.69. The number of rotatable bonds is 5. The maximum Gasteiger partial charge on any atom is 0.137 e. The van der Waals surface area contributed by atoms with Gasteiger partial charge in [-0.3, -0.25) is 0 Å². The SMILES string of the molecule is COc1ccc(N(C)CCCN)nc1. The minimum atomic E-state index is 0.709. The lowest BCUT2D eigenvalue weighted by Gasteiger charge is -2.17. The molecule has 0 atom stereocenters. The van der Waals surface area contributed by atoms with Gasteiger partial charge in [-0.1, -0.05) is 0 Å². The molecule has 0 spiro atoms. The van der Waals surface area contributed by atoms with Gasteiger partial charge in [0, 0.05) is 13.6 Å². The predicted molar refractivity (Wildman–Crippen MR) is 57.7 cm³/mol. The van der Waals surface area contributed by atoms with Crippen molar-refractivity contribution < 1.29 is 4.74 Å². The van der Waals surface area contributed by atoms with E-state index in [9.17, 15) is 0 Å². The first-order valence-corrected chi connectivity index (χ1v) is 4.69. The molecule has 0 saturated carbocycles. The highest BCUT2D eigenvalue weighted by Crippen LogP contribution is 2.13. The zero-order chi connectivity index (χ0) is 10.4. The van der Waals surface area contributed by atoms with Crippen LogP contribution in [0.1, 0.15) is 6.42 Å². The topological polar surface area (TPSA) is 51.4 Å². The fourth-order valence-electron chi connectivity index (χ4n) is 1.16. The molecule has 1 aromatic rings. The molecule has 0 aliphatic heterocycles. The highest BCUT2D eigenvalue weighted by atomic mass is 16.5. The minimum absolute atomic E-state index is 0.709. The third kappa shape index (κ3) is 2.88. The number of nitrogens with zero attached hydrogens (tertiary/aromatic N) is 2. The summed E-state index contributed by atoms with van der Waals surface area (Å²) in [6.45, 7) is 1.64. The van der Waals surface area contributed by atoms with Crippen molar-refractivity contribution in [1.29, 1.82) is 0 Å². The Hall–Kier alpha value is -1.29. The first kappa shape index (κ1) is 10.8. The Bertz CT molecular complexity index is 261. The molecule has 4 heteroatoms. The van der Waals surface area contributed by atoms with E-state index >= 15 is 0 Å². The third-order valence-corrected chi connectivity index (χ3v) is 2.05. The number of ether oxygens (including phenoxy) is 1. The summed E-state index contributed by atoms with van der Waals surface area (Å²) < 4.78 is 5.03. The Morgan fingerprint density at radius 2 is 2.29 bits per heavy atom. The van der Waals surface area contributed by atoms with E-state index in [0.717, 1.165) is 24.5 Å². The van der Waals surface area contributed by atoms with Crippen LogP contribution in [0.3, 0.4) is 0 Å². The van der Waals surface area contributed by atoms with Gasteiger partial charge in [0.2, 0.25) is 0 Å². The monoisotopic (exact) mass is 195 g/mol. The Labute approximate surface area is 84.7 Å². The molecule has 78 valence electrons. The molecule has 0 bridgehead atoms. The van der Waals surface area contributed by atoms with Crippen LogP contribution in [0.25, 0.3) is 0 Å². The summed E-state index contributed by atoms with van der Waals surface area (Å²) >= 11 is 0. The van der Waals surface area contributed by atoms with Gasteiger partial charge in [-0.15, -0.1) is 0 Å². The number of methoxy groups -OCH3 is 1. The number of anilines is 1. The lowest BCUT2D eigenvalue weighted by Crippen LogP contribution is -2.21. The van der Waals surface area contributed by atoms with Crippen LogP contribution >= 0.6 is 0 Å². The molecule has 4 nitrogen and oxygen atoms in total. The number of hydrogen-bond donors (Lipinski definition) is 1. The standard InChI is InChI=1S/C10H17N3O/c1-13(7-3-6-11)10-5-4-9(14-2)8-12-10/h4-5,8H,3,6-7,11H2,1-2H3. The fourth-order valence-corrected chi connectivity index (χ4v) is 1.16. The van der Waals surface area contributed by atoms with Crippen molar-refractivity contribution in [3.8, 4) is 5.75 Å². The molecule has 1 rings (SSSR count). The second-order valence-electron chi connectivity index (χ2n) is 3.12. The van der Waals surface area contributed by atoms with Crippen LogP contribution in [0, 0.1) is 0 Å². The number of pyridine rings is 1. The minimum Gasteiger partial charge on any atom is -0.495 e. The van der Waals surface area contributed by atoms with Crippen molar-refractivity contribution in [3.63, 3.8) is 0 Å². The van der Waals surface area contributed by atoms with E-state index in [0.29, 0.717) is 6.54 Å². The second kappa shape index (κ2) is 5.44. The predicted octanol–water partition coefficient (Wildman–Crippen LogP) is 0.875. The smallest absolute Gasteiger partial charge is 0.137 e. The molecule has 0 aromatic carbocycles. The molecule has 0 amide bonds. The van der Waals surface area contributed by atoms with E-state index in [1.807, 2.05) is 19.2 Å². The summed E-state index contributed by atoms with van der Waals surface area (Å²) in [5.74, 6) is 1.72. The molecule has 0 unspecified atom stereocenters. The quantitative estimate of drug-likeness (QED) is 0.757.